The number of rotatable bonds is 5. The molecule has 2 N–H and O–H groups in total. The van der Waals surface area contributed by atoms with E-state index in [0.717, 1.165) is 21.3 Å². The fraction of sp³-hybridized carbons (Fsp3) is 0.278. The summed E-state index contributed by atoms with van der Waals surface area (Å²) in [5.41, 5.74) is 3.38. The minimum Gasteiger partial charge on any atom is -0.480 e. The number of aromatic nitrogens is 2. The van der Waals surface area contributed by atoms with Gasteiger partial charge in [-0.2, -0.15) is 0 Å². The molecule has 3 rings (SSSR count). The number of nitrogens with one attached hydrogen (secondary N) is 1. The number of carboxylic acid groups (broad SMARTS) is 1. The summed E-state index contributed by atoms with van der Waals surface area (Å²) >= 11 is 1.53. The summed E-state index contributed by atoms with van der Waals surface area (Å²) in [4.78, 5) is 20.5. The first-order chi connectivity index (χ1) is 11.5. The molecule has 5 nitrogen and oxygen atoms in total. The highest BCUT2D eigenvalue weighted by molar-refractivity contribution is 7.17. The molecular weight excluding hydrogens is 322 g/mol. The first-order valence-electron chi connectivity index (χ1n) is 7.79. The van der Waals surface area contributed by atoms with Crippen molar-refractivity contribution in [2.75, 3.05) is 5.32 Å². The summed E-state index contributed by atoms with van der Waals surface area (Å²) in [5.74, 6) is 0.120. The van der Waals surface area contributed by atoms with Gasteiger partial charge < -0.3 is 10.4 Å². The molecule has 0 aliphatic rings. The molecule has 0 amide bonds. The van der Waals surface area contributed by atoms with Crippen molar-refractivity contribution in [2.45, 2.75) is 32.7 Å². The van der Waals surface area contributed by atoms with Crippen LogP contribution in [0.25, 0.3) is 21.3 Å². The van der Waals surface area contributed by atoms with Crippen molar-refractivity contribution in [2.24, 2.45) is 0 Å². The topological polar surface area (TPSA) is 75.1 Å². The number of carboxylic acids is 1. The van der Waals surface area contributed by atoms with Crippen molar-refractivity contribution in [1.29, 1.82) is 0 Å². The Morgan fingerprint density at radius 1 is 1.17 bits per heavy atom. The van der Waals surface area contributed by atoms with Crippen molar-refractivity contribution >= 4 is 33.3 Å². The van der Waals surface area contributed by atoms with E-state index in [9.17, 15) is 4.79 Å². The van der Waals surface area contributed by atoms with Gasteiger partial charge in [0.05, 0.1) is 5.39 Å². The average Bonchev–Trinajstić information content (AvgIpc) is 3.00. The fourth-order valence-electron chi connectivity index (χ4n) is 2.51. The molecule has 0 bridgehead atoms. The van der Waals surface area contributed by atoms with Crippen LogP contribution in [0.4, 0.5) is 5.82 Å². The van der Waals surface area contributed by atoms with Crippen molar-refractivity contribution in [3.8, 4) is 11.1 Å². The van der Waals surface area contributed by atoms with Gasteiger partial charge in [-0.1, -0.05) is 38.1 Å². The number of hydrogen-bond donors (Lipinski definition) is 2. The third kappa shape index (κ3) is 3.10. The van der Waals surface area contributed by atoms with Crippen molar-refractivity contribution < 1.29 is 9.90 Å². The van der Waals surface area contributed by atoms with Crippen LogP contribution in [0.15, 0.2) is 36.0 Å². The van der Waals surface area contributed by atoms with Crippen LogP contribution < -0.4 is 5.32 Å². The van der Waals surface area contributed by atoms with E-state index < -0.39 is 12.0 Å². The summed E-state index contributed by atoms with van der Waals surface area (Å²) < 4.78 is 0. The van der Waals surface area contributed by atoms with E-state index in [4.69, 9.17) is 5.11 Å². The van der Waals surface area contributed by atoms with Crippen LogP contribution in [0.2, 0.25) is 0 Å². The molecule has 0 aliphatic carbocycles. The minimum atomic E-state index is -0.917. The van der Waals surface area contributed by atoms with Crippen LogP contribution in [0.3, 0.4) is 0 Å². The highest BCUT2D eigenvalue weighted by atomic mass is 32.1. The number of benzene rings is 1. The van der Waals surface area contributed by atoms with Gasteiger partial charge in [0.1, 0.15) is 23.0 Å². The largest absolute Gasteiger partial charge is 0.480 e. The molecule has 1 unspecified atom stereocenters. The van der Waals surface area contributed by atoms with Crippen LogP contribution in [-0.4, -0.2) is 27.1 Å². The Balaban J connectivity index is 2.07. The number of fused-ring (bicyclic) bond motifs is 1. The second kappa shape index (κ2) is 6.57. The molecule has 0 radical (unpaired) electrons. The van der Waals surface area contributed by atoms with E-state index in [1.165, 1.54) is 23.2 Å². The van der Waals surface area contributed by atoms with Gasteiger partial charge in [0.25, 0.3) is 0 Å². The van der Waals surface area contributed by atoms with Crippen LogP contribution in [0.1, 0.15) is 32.3 Å². The number of nitrogens with zero attached hydrogens (tertiary/aromatic N) is 2. The van der Waals surface area contributed by atoms with Crippen molar-refractivity contribution in [3.63, 3.8) is 0 Å². The maximum absolute atomic E-state index is 11.1. The Kier molecular flexibility index (Phi) is 4.49. The van der Waals surface area contributed by atoms with Gasteiger partial charge in [0, 0.05) is 10.9 Å². The second-order valence-electron chi connectivity index (χ2n) is 6.03. The van der Waals surface area contributed by atoms with Gasteiger partial charge >= 0.3 is 5.97 Å². The van der Waals surface area contributed by atoms with Crippen molar-refractivity contribution in [3.05, 3.63) is 41.5 Å². The fourth-order valence-corrected chi connectivity index (χ4v) is 3.43. The maximum Gasteiger partial charge on any atom is 0.325 e. The molecule has 2 aromatic heterocycles. The Morgan fingerprint density at radius 2 is 1.88 bits per heavy atom. The first kappa shape index (κ1) is 16.4. The normalized spacial score (nSPS) is 12.5. The van der Waals surface area contributed by atoms with Crippen LogP contribution in [0.5, 0.6) is 0 Å². The molecule has 124 valence electrons. The highest BCUT2D eigenvalue weighted by Crippen LogP contribution is 2.37. The minimum absolute atomic E-state index is 0.482. The Bertz CT molecular complexity index is 872. The predicted molar refractivity (Wildman–Crippen MR) is 97.7 cm³/mol. The quantitative estimate of drug-likeness (QED) is 0.721. The predicted octanol–water partition coefficient (Wildman–Crippen LogP) is 4.37. The van der Waals surface area contributed by atoms with Gasteiger partial charge in [-0.25, -0.2) is 9.97 Å². The zero-order valence-corrected chi connectivity index (χ0v) is 14.6. The van der Waals surface area contributed by atoms with E-state index in [-0.39, 0.29) is 0 Å². The van der Waals surface area contributed by atoms with Crippen molar-refractivity contribution in [1.82, 2.24) is 9.97 Å². The maximum atomic E-state index is 11.1. The SMILES string of the molecule is CC(Nc1ncnc2scc(-c3ccc(C(C)C)cc3)c12)C(=O)O. The van der Waals surface area contributed by atoms with Gasteiger partial charge in [-0.05, 0) is 24.0 Å². The zero-order valence-electron chi connectivity index (χ0n) is 13.8. The lowest BCUT2D eigenvalue weighted by molar-refractivity contribution is -0.137. The van der Waals surface area contributed by atoms with E-state index in [1.807, 2.05) is 5.38 Å². The van der Waals surface area contributed by atoms with E-state index >= 15 is 0 Å². The number of carbonyl (C=O) groups is 1. The van der Waals surface area contributed by atoms with Gasteiger partial charge in [-0.3, -0.25) is 4.79 Å². The average molecular weight is 341 g/mol. The Labute approximate surface area is 144 Å². The molecule has 6 heteroatoms. The number of anilines is 1. The van der Waals surface area contributed by atoms with Crippen LogP contribution in [-0.2, 0) is 4.79 Å². The lowest BCUT2D eigenvalue weighted by Crippen LogP contribution is -2.26. The summed E-state index contributed by atoms with van der Waals surface area (Å²) in [6, 6.07) is 7.71. The zero-order chi connectivity index (χ0) is 17.3. The molecule has 1 atom stereocenters. The van der Waals surface area contributed by atoms with Crippen LogP contribution >= 0.6 is 11.3 Å². The van der Waals surface area contributed by atoms with E-state index in [0.29, 0.717) is 11.7 Å². The first-order valence-corrected chi connectivity index (χ1v) is 8.67. The second-order valence-corrected chi connectivity index (χ2v) is 6.89. The molecule has 24 heavy (non-hydrogen) atoms. The molecule has 0 fully saturated rings. The molecule has 3 aromatic rings. The Hall–Kier alpha value is -2.47. The van der Waals surface area contributed by atoms with E-state index in [2.05, 4.69) is 53.4 Å². The van der Waals surface area contributed by atoms with Crippen LogP contribution in [0, 0.1) is 0 Å². The summed E-state index contributed by atoms with van der Waals surface area (Å²) in [5, 5.41) is 15.0. The molecule has 1 aromatic carbocycles. The lowest BCUT2D eigenvalue weighted by atomic mass is 9.99. The number of hydrogen-bond acceptors (Lipinski definition) is 5. The third-order valence-corrected chi connectivity index (χ3v) is 4.87. The van der Waals surface area contributed by atoms with E-state index in [1.54, 1.807) is 6.92 Å². The highest BCUT2D eigenvalue weighted by Gasteiger charge is 2.17. The smallest absolute Gasteiger partial charge is 0.325 e. The molecule has 0 saturated heterocycles. The molecule has 0 spiro atoms. The number of thiophene rings is 1. The number of aliphatic carboxylic acids is 1. The molecule has 0 aliphatic heterocycles. The van der Waals surface area contributed by atoms with Gasteiger partial charge in [0.15, 0.2) is 0 Å². The third-order valence-electron chi connectivity index (χ3n) is 3.98. The van der Waals surface area contributed by atoms with Gasteiger partial charge in [0.2, 0.25) is 0 Å². The Morgan fingerprint density at radius 3 is 2.50 bits per heavy atom. The monoisotopic (exact) mass is 341 g/mol. The lowest BCUT2D eigenvalue weighted by Gasteiger charge is -2.12. The van der Waals surface area contributed by atoms with Gasteiger partial charge in [-0.15, -0.1) is 11.3 Å². The molecule has 2 heterocycles. The summed E-state index contributed by atoms with van der Waals surface area (Å²) in [6.07, 6.45) is 1.46. The summed E-state index contributed by atoms with van der Waals surface area (Å²) in [6.45, 7) is 5.93. The molecule has 0 saturated carbocycles. The summed E-state index contributed by atoms with van der Waals surface area (Å²) in [7, 11) is 0. The standard InChI is InChI=1S/C18H19N3O2S/c1-10(2)12-4-6-13(7-5-12)14-8-24-17-15(14)16(19-9-20-17)21-11(3)18(22)23/h4-11H,1-3H3,(H,22,23)(H,19,20,21). The molecular formula is C18H19N3O2S.